The summed E-state index contributed by atoms with van der Waals surface area (Å²) in [7, 11) is 0. The molecule has 1 aromatic rings. The Balaban J connectivity index is 1.91. The summed E-state index contributed by atoms with van der Waals surface area (Å²) in [6, 6.07) is 8.88. The second kappa shape index (κ2) is 4.91. The number of hydrogen-bond acceptors (Lipinski definition) is 4. The molecule has 1 aromatic carbocycles. The molecule has 1 unspecified atom stereocenters. The van der Waals surface area contributed by atoms with E-state index in [2.05, 4.69) is 10.6 Å². The summed E-state index contributed by atoms with van der Waals surface area (Å²) in [5, 5.41) is 6.24. The van der Waals surface area contributed by atoms with Gasteiger partial charge < -0.3 is 15.4 Å². The Kier molecular flexibility index (Phi) is 3.32. The van der Waals surface area contributed by atoms with E-state index < -0.39 is 0 Å². The Morgan fingerprint density at radius 2 is 2.07 bits per heavy atom. The number of para-hydroxylation sites is 1. The SMILES string of the molecule is O=C(Oc1ccccc1)C1CNCCN1. The molecule has 0 amide bonds. The largest absolute Gasteiger partial charge is 0.425 e. The molecule has 0 radical (unpaired) electrons. The molecule has 1 aliphatic heterocycles. The smallest absolute Gasteiger partial charge is 0.329 e. The molecule has 15 heavy (non-hydrogen) atoms. The van der Waals surface area contributed by atoms with Crippen LogP contribution in [0.25, 0.3) is 0 Å². The summed E-state index contributed by atoms with van der Waals surface area (Å²) < 4.78 is 5.21. The Hall–Kier alpha value is -1.39. The molecule has 0 spiro atoms. The van der Waals surface area contributed by atoms with Crippen LogP contribution in [0.5, 0.6) is 5.75 Å². The van der Waals surface area contributed by atoms with Crippen molar-refractivity contribution in [3.63, 3.8) is 0 Å². The van der Waals surface area contributed by atoms with Crippen LogP contribution in [-0.2, 0) is 4.79 Å². The normalized spacial score (nSPS) is 20.9. The van der Waals surface area contributed by atoms with E-state index in [4.69, 9.17) is 4.74 Å². The van der Waals surface area contributed by atoms with Gasteiger partial charge in [0, 0.05) is 19.6 Å². The first-order valence-corrected chi connectivity index (χ1v) is 5.07. The Morgan fingerprint density at radius 3 is 2.73 bits per heavy atom. The molecule has 1 fully saturated rings. The zero-order chi connectivity index (χ0) is 10.5. The van der Waals surface area contributed by atoms with Crippen molar-refractivity contribution in [2.75, 3.05) is 19.6 Å². The first kappa shape index (κ1) is 10.1. The number of benzene rings is 1. The van der Waals surface area contributed by atoms with Crippen LogP contribution in [0.3, 0.4) is 0 Å². The molecule has 0 aliphatic carbocycles. The van der Waals surface area contributed by atoms with Gasteiger partial charge in [-0.1, -0.05) is 18.2 Å². The van der Waals surface area contributed by atoms with Crippen molar-refractivity contribution in [3.05, 3.63) is 30.3 Å². The zero-order valence-electron chi connectivity index (χ0n) is 8.40. The Bertz CT molecular complexity index is 321. The minimum absolute atomic E-state index is 0.228. The molecular weight excluding hydrogens is 192 g/mol. The number of nitrogens with one attached hydrogen (secondary N) is 2. The van der Waals surface area contributed by atoms with Crippen LogP contribution >= 0.6 is 0 Å². The number of esters is 1. The average molecular weight is 206 g/mol. The average Bonchev–Trinajstić information content (AvgIpc) is 2.31. The third-order valence-electron chi connectivity index (χ3n) is 2.29. The van der Waals surface area contributed by atoms with Crippen LogP contribution in [0.1, 0.15) is 0 Å². The molecule has 4 heteroatoms. The number of piperazine rings is 1. The Labute approximate surface area is 88.6 Å². The van der Waals surface area contributed by atoms with Gasteiger partial charge in [0.15, 0.2) is 0 Å². The van der Waals surface area contributed by atoms with Crippen LogP contribution < -0.4 is 15.4 Å². The van der Waals surface area contributed by atoms with Gasteiger partial charge in [-0.05, 0) is 12.1 Å². The van der Waals surface area contributed by atoms with E-state index in [1.807, 2.05) is 18.2 Å². The molecule has 1 heterocycles. The number of carbonyl (C=O) groups is 1. The van der Waals surface area contributed by atoms with E-state index in [-0.39, 0.29) is 12.0 Å². The molecule has 2 N–H and O–H groups in total. The molecule has 0 bridgehead atoms. The summed E-state index contributed by atoms with van der Waals surface area (Å²) in [6.45, 7) is 2.33. The van der Waals surface area contributed by atoms with Crippen molar-refractivity contribution >= 4 is 5.97 Å². The highest BCUT2D eigenvalue weighted by Gasteiger charge is 2.21. The number of carbonyl (C=O) groups excluding carboxylic acids is 1. The van der Waals surface area contributed by atoms with Gasteiger partial charge in [0.2, 0.25) is 0 Å². The summed E-state index contributed by atoms with van der Waals surface area (Å²) in [5.41, 5.74) is 0. The van der Waals surface area contributed by atoms with Gasteiger partial charge in [0.25, 0.3) is 0 Å². The van der Waals surface area contributed by atoms with Crippen molar-refractivity contribution < 1.29 is 9.53 Å². The van der Waals surface area contributed by atoms with Crippen molar-refractivity contribution in [2.45, 2.75) is 6.04 Å². The van der Waals surface area contributed by atoms with E-state index >= 15 is 0 Å². The van der Waals surface area contributed by atoms with Gasteiger partial charge in [0.05, 0.1) is 0 Å². The van der Waals surface area contributed by atoms with Gasteiger partial charge in [0.1, 0.15) is 11.8 Å². The third-order valence-corrected chi connectivity index (χ3v) is 2.29. The third kappa shape index (κ3) is 2.78. The molecule has 1 atom stereocenters. The lowest BCUT2D eigenvalue weighted by Gasteiger charge is -2.22. The fraction of sp³-hybridized carbons (Fsp3) is 0.364. The minimum atomic E-state index is -0.237. The molecule has 0 saturated carbocycles. The lowest BCUT2D eigenvalue weighted by molar-refractivity contribution is -0.136. The molecule has 1 saturated heterocycles. The number of ether oxygens (including phenoxy) is 1. The van der Waals surface area contributed by atoms with Crippen LogP contribution in [0.4, 0.5) is 0 Å². The van der Waals surface area contributed by atoms with Crippen LogP contribution in [0, 0.1) is 0 Å². The topological polar surface area (TPSA) is 50.4 Å². The lowest BCUT2D eigenvalue weighted by atomic mass is 10.2. The van der Waals surface area contributed by atoms with Gasteiger partial charge in [-0.2, -0.15) is 0 Å². The maximum atomic E-state index is 11.6. The van der Waals surface area contributed by atoms with E-state index in [9.17, 15) is 4.79 Å². The quantitative estimate of drug-likeness (QED) is 0.534. The van der Waals surface area contributed by atoms with Crippen LogP contribution in [-0.4, -0.2) is 31.6 Å². The second-order valence-electron chi connectivity index (χ2n) is 3.44. The first-order chi connectivity index (χ1) is 7.36. The molecule has 80 valence electrons. The van der Waals surface area contributed by atoms with Crippen molar-refractivity contribution in [1.29, 1.82) is 0 Å². The zero-order valence-corrected chi connectivity index (χ0v) is 8.40. The van der Waals surface area contributed by atoms with E-state index in [1.54, 1.807) is 12.1 Å². The standard InChI is InChI=1S/C11H14N2O2/c14-11(10-8-12-6-7-13-10)15-9-4-2-1-3-5-9/h1-5,10,12-13H,6-8H2. The highest BCUT2D eigenvalue weighted by Crippen LogP contribution is 2.09. The molecule has 1 aliphatic rings. The van der Waals surface area contributed by atoms with Crippen LogP contribution in [0.15, 0.2) is 30.3 Å². The first-order valence-electron chi connectivity index (χ1n) is 5.07. The molecule has 0 aromatic heterocycles. The Morgan fingerprint density at radius 1 is 1.27 bits per heavy atom. The van der Waals surface area contributed by atoms with E-state index in [1.165, 1.54) is 0 Å². The summed E-state index contributed by atoms with van der Waals surface area (Å²) in [6.07, 6.45) is 0. The summed E-state index contributed by atoms with van der Waals surface area (Å²) >= 11 is 0. The van der Waals surface area contributed by atoms with E-state index in [0.29, 0.717) is 12.3 Å². The monoisotopic (exact) mass is 206 g/mol. The van der Waals surface area contributed by atoms with Gasteiger partial charge in [-0.3, -0.25) is 0 Å². The molecule has 2 rings (SSSR count). The van der Waals surface area contributed by atoms with Crippen molar-refractivity contribution in [2.24, 2.45) is 0 Å². The highest BCUT2D eigenvalue weighted by molar-refractivity contribution is 5.78. The highest BCUT2D eigenvalue weighted by atomic mass is 16.5. The second-order valence-corrected chi connectivity index (χ2v) is 3.44. The maximum Gasteiger partial charge on any atom is 0.329 e. The van der Waals surface area contributed by atoms with Crippen molar-refractivity contribution in [3.8, 4) is 5.75 Å². The fourth-order valence-electron chi connectivity index (χ4n) is 1.50. The fourth-order valence-corrected chi connectivity index (χ4v) is 1.50. The summed E-state index contributed by atoms with van der Waals surface area (Å²) in [5.74, 6) is 0.364. The number of rotatable bonds is 2. The lowest BCUT2D eigenvalue weighted by Crippen LogP contribution is -2.53. The van der Waals surface area contributed by atoms with E-state index in [0.717, 1.165) is 13.1 Å². The van der Waals surface area contributed by atoms with Crippen LogP contribution in [0.2, 0.25) is 0 Å². The predicted octanol–water partition coefficient (Wildman–Crippen LogP) is 0.153. The molecule has 4 nitrogen and oxygen atoms in total. The summed E-state index contributed by atoms with van der Waals surface area (Å²) in [4.78, 5) is 11.6. The predicted molar refractivity (Wildman–Crippen MR) is 56.7 cm³/mol. The molecular formula is C11H14N2O2. The van der Waals surface area contributed by atoms with Crippen molar-refractivity contribution in [1.82, 2.24) is 10.6 Å². The van der Waals surface area contributed by atoms with Gasteiger partial charge in [-0.25, -0.2) is 4.79 Å². The minimum Gasteiger partial charge on any atom is -0.425 e. The maximum absolute atomic E-state index is 11.6. The number of hydrogen-bond donors (Lipinski definition) is 2. The van der Waals surface area contributed by atoms with Gasteiger partial charge >= 0.3 is 5.97 Å². The van der Waals surface area contributed by atoms with Gasteiger partial charge in [-0.15, -0.1) is 0 Å².